The highest BCUT2D eigenvalue weighted by molar-refractivity contribution is 6.13. The van der Waals surface area contributed by atoms with Crippen LogP contribution >= 0.6 is 0 Å². The Morgan fingerprint density at radius 2 is 1.75 bits per heavy atom. The molecular formula is C23H21F3N2O4. The predicted octanol–water partition coefficient (Wildman–Crippen LogP) is 3.63. The molecule has 0 saturated carbocycles. The van der Waals surface area contributed by atoms with E-state index in [4.69, 9.17) is 4.74 Å². The van der Waals surface area contributed by atoms with Crippen LogP contribution in [0.2, 0.25) is 0 Å². The summed E-state index contributed by atoms with van der Waals surface area (Å²) in [5, 5.41) is 1.84. The van der Waals surface area contributed by atoms with Gasteiger partial charge in [0.2, 0.25) is 5.54 Å². The Bertz CT molecular complexity index is 1100. The van der Waals surface area contributed by atoms with Crippen molar-refractivity contribution in [2.75, 3.05) is 7.11 Å². The molecule has 1 heterocycles. The van der Waals surface area contributed by atoms with Gasteiger partial charge in [-0.3, -0.25) is 14.4 Å². The van der Waals surface area contributed by atoms with E-state index in [-0.39, 0.29) is 23.6 Å². The average Bonchev–Trinajstić information content (AvgIpc) is 2.96. The number of rotatable bonds is 6. The standard InChI is InChI=1S/C23H21F3N2O4/c1-14-19(15(2)29)22(23(24,25)26,21(31)28(14)13-16-8-5-4-6-9-16)27-20(30)17-10-7-11-18(12-17)32-3/h4-12H,13H2,1-3H3,(H,27,30)/t22-/m1/s1. The Morgan fingerprint density at radius 3 is 2.31 bits per heavy atom. The first-order chi connectivity index (χ1) is 15.0. The molecule has 1 N–H and O–H groups in total. The van der Waals surface area contributed by atoms with Gasteiger partial charge in [-0.15, -0.1) is 0 Å². The van der Waals surface area contributed by atoms with Crippen LogP contribution in [0.15, 0.2) is 65.9 Å². The van der Waals surface area contributed by atoms with Gasteiger partial charge in [0.05, 0.1) is 19.2 Å². The Hall–Kier alpha value is -3.62. The largest absolute Gasteiger partial charge is 0.497 e. The van der Waals surface area contributed by atoms with Crippen molar-refractivity contribution in [3.05, 3.63) is 77.0 Å². The fraction of sp³-hybridized carbons (Fsp3) is 0.261. The molecule has 0 unspecified atom stereocenters. The van der Waals surface area contributed by atoms with Gasteiger partial charge in [0.25, 0.3) is 11.8 Å². The summed E-state index contributed by atoms with van der Waals surface area (Å²) in [6, 6.07) is 13.9. The molecule has 0 aliphatic carbocycles. The summed E-state index contributed by atoms with van der Waals surface area (Å²) in [6.07, 6.45) is -5.27. The molecule has 3 rings (SSSR count). The number of carbonyl (C=O) groups excluding carboxylic acids is 3. The minimum atomic E-state index is -5.27. The van der Waals surface area contributed by atoms with Gasteiger partial charge in [0.1, 0.15) is 5.75 Å². The number of methoxy groups -OCH3 is 1. The smallest absolute Gasteiger partial charge is 0.425 e. The molecule has 0 aromatic heterocycles. The van der Waals surface area contributed by atoms with Crippen LogP contribution in [0.3, 0.4) is 0 Å². The van der Waals surface area contributed by atoms with Gasteiger partial charge >= 0.3 is 6.18 Å². The number of ketones is 1. The lowest BCUT2D eigenvalue weighted by molar-refractivity contribution is -0.190. The molecule has 2 aromatic carbocycles. The number of allylic oxidation sites excluding steroid dienone is 1. The monoisotopic (exact) mass is 446 g/mol. The predicted molar refractivity (Wildman–Crippen MR) is 110 cm³/mol. The van der Waals surface area contributed by atoms with E-state index in [2.05, 4.69) is 0 Å². The second-order valence-electron chi connectivity index (χ2n) is 7.33. The molecule has 0 saturated heterocycles. The summed E-state index contributed by atoms with van der Waals surface area (Å²) in [5.41, 5.74) is -4.04. The molecule has 0 bridgehead atoms. The molecule has 0 radical (unpaired) electrons. The number of nitrogens with one attached hydrogen (secondary N) is 1. The highest BCUT2D eigenvalue weighted by Gasteiger charge is 2.69. The number of halogens is 3. The highest BCUT2D eigenvalue weighted by atomic mass is 19.4. The van der Waals surface area contributed by atoms with Gasteiger partial charge < -0.3 is 15.0 Å². The molecule has 0 fully saturated rings. The summed E-state index contributed by atoms with van der Waals surface area (Å²) in [5.74, 6) is -3.31. The quantitative estimate of drug-likeness (QED) is 0.735. The van der Waals surface area contributed by atoms with Gasteiger partial charge in [-0.25, -0.2) is 0 Å². The molecule has 32 heavy (non-hydrogen) atoms. The first kappa shape index (κ1) is 23.1. The third kappa shape index (κ3) is 3.86. The number of ether oxygens (including phenoxy) is 1. The SMILES string of the molecule is COc1cccc(C(=O)N[C@@]2(C(F)(F)F)C(=O)N(Cc3ccccc3)C(C)=C2C(C)=O)c1. The first-order valence-electron chi connectivity index (χ1n) is 9.64. The zero-order valence-corrected chi connectivity index (χ0v) is 17.6. The molecule has 1 aliphatic rings. The van der Waals surface area contributed by atoms with Gasteiger partial charge in [0.15, 0.2) is 5.78 Å². The molecule has 168 valence electrons. The first-order valence-corrected chi connectivity index (χ1v) is 9.64. The number of amides is 2. The summed E-state index contributed by atoms with van der Waals surface area (Å²) in [7, 11) is 1.34. The van der Waals surface area contributed by atoms with Crippen LogP contribution in [-0.4, -0.2) is 41.3 Å². The van der Waals surface area contributed by atoms with Crippen molar-refractivity contribution in [1.29, 1.82) is 0 Å². The second kappa shape index (κ2) is 8.49. The minimum Gasteiger partial charge on any atom is -0.497 e. The summed E-state index contributed by atoms with van der Waals surface area (Å²) < 4.78 is 48.5. The van der Waals surface area contributed by atoms with Crippen molar-refractivity contribution >= 4 is 17.6 Å². The summed E-state index contributed by atoms with van der Waals surface area (Å²) >= 11 is 0. The topological polar surface area (TPSA) is 75.7 Å². The summed E-state index contributed by atoms with van der Waals surface area (Å²) in [6.45, 7) is 2.02. The lowest BCUT2D eigenvalue weighted by atomic mass is 9.86. The summed E-state index contributed by atoms with van der Waals surface area (Å²) in [4.78, 5) is 39.4. The molecule has 2 amide bonds. The maximum absolute atomic E-state index is 14.5. The Kier molecular flexibility index (Phi) is 6.11. The van der Waals surface area contributed by atoms with E-state index in [1.54, 1.807) is 30.3 Å². The third-order valence-electron chi connectivity index (χ3n) is 5.30. The zero-order chi connectivity index (χ0) is 23.7. The second-order valence-corrected chi connectivity index (χ2v) is 7.33. The number of hydrogen-bond acceptors (Lipinski definition) is 4. The Balaban J connectivity index is 2.11. The maximum atomic E-state index is 14.5. The number of Topliss-reactive ketones (excluding diaryl/α,β-unsaturated/α-hetero) is 1. The molecule has 6 nitrogen and oxygen atoms in total. The lowest BCUT2D eigenvalue weighted by Gasteiger charge is -2.33. The van der Waals surface area contributed by atoms with Crippen molar-refractivity contribution in [3.8, 4) is 5.75 Å². The van der Waals surface area contributed by atoms with Crippen molar-refractivity contribution in [1.82, 2.24) is 10.2 Å². The van der Waals surface area contributed by atoms with Crippen molar-refractivity contribution in [2.24, 2.45) is 0 Å². The molecular weight excluding hydrogens is 425 g/mol. The molecule has 0 spiro atoms. The van der Waals surface area contributed by atoms with E-state index >= 15 is 0 Å². The third-order valence-corrected chi connectivity index (χ3v) is 5.30. The van der Waals surface area contributed by atoms with Crippen LogP contribution in [-0.2, 0) is 16.1 Å². The van der Waals surface area contributed by atoms with E-state index in [1.165, 1.54) is 38.3 Å². The van der Waals surface area contributed by atoms with Gasteiger partial charge in [-0.05, 0) is 37.6 Å². The van der Waals surface area contributed by atoms with Gasteiger partial charge in [-0.1, -0.05) is 36.4 Å². The van der Waals surface area contributed by atoms with E-state index in [9.17, 15) is 27.6 Å². The van der Waals surface area contributed by atoms with Crippen LogP contribution < -0.4 is 10.1 Å². The van der Waals surface area contributed by atoms with Crippen LogP contribution in [0, 0.1) is 0 Å². The maximum Gasteiger partial charge on any atom is 0.425 e. The van der Waals surface area contributed by atoms with Crippen LogP contribution in [0.5, 0.6) is 5.75 Å². The fourth-order valence-electron chi connectivity index (χ4n) is 3.80. The number of nitrogens with zero attached hydrogens (tertiary/aromatic N) is 1. The molecule has 1 aliphatic heterocycles. The van der Waals surface area contributed by atoms with Crippen molar-refractivity contribution in [2.45, 2.75) is 32.1 Å². The lowest BCUT2D eigenvalue weighted by Crippen LogP contribution is -2.66. The number of carbonyl (C=O) groups is 3. The highest BCUT2D eigenvalue weighted by Crippen LogP contribution is 2.45. The normalized spacial score (nSPS) is 18.7. The van der Waals surface area contributed by atoms with E-state index < -0.39 is 34.9 Å². The van der Waals surface area contributed by atoms with E-state index in [0.29, 0.717) is 5.56 Å². The molecule has 1 atom stereocenters. The minimum absolute atomic E-state index is 0.150. The van der Waals surface area contributed by atoms with E-state index in [0.717, 1.165) is 11.8 Å². The number of hydrogen-bond donors (Lipinski definition) is 1. The fourth-order valence-corrected chi connectivity index (χ4v) is 3.80. The van der Waals surface area contributed by atoms with Crippen molar-refractivity contribution in [3.63, 3.8) is 0 Å². The van der Waals surface area contributed by atoms with Gasteiger partial charge in [0, 0.05) is 11.3 Å². The molecule has 2 aromatic rings. The van der Waals surface area contributed by atoms with Crippen LogP contribution in [0.4, 0.5) is 13.2 Å². The number of benzene rings is 2. The Labute approximate surface area is 182 Å². The Morgan fingerprint density at radius 1 is 1.09 bits per heavy atom. The number of alkyl halides is 3. The zero-order valence-electron chi connectivity index (χ0n) is 17.6. The van der Waals surface area contributed by atoms with Crippen LogP contribution in [0.25, 0.3) is 0 Å². The van der Waals surface area contributed by atoms with Crippen LogP contribution in [0.1, 0.15) is 29.8 Å². The van der Waals surface area contributed by atoms with E-state index in [1.807, 2.05) is 5.32 Å². The van der Waals surface area contributed by atoms with Crippen molar-refractivity contribution < 1.29 is 32.3 Å². The average molecular weight is 446 g/mol. The molecule has 9 heteroatoms. The van der Waals surface area contributed by atoms with Gasteiger partial charge in [-0.2, -0.15) is 13.2 Å².